The lowest BCUT2D eigenvalue weighted by molar-refractivity contribution is 0.231. The van der Waals surface area contributed by atoms with Crippen molar-refractivity contribution in [1.29, 1.82) is 0 Å². The van der Waals surface area contributed by atoms with E-state index >= 15 is 0 Å². The maximum atomic E-state index is 10.1. The van der Waals surface area contributed by atoms with Crippen molar-refractivity contribution in [3.8, 4) is 11.5 Å². The van der Waals surface area contributed by atoms with Crippen LogP contribution in [-0.2, 0) is 6.42 Å². The molecule has 3 heteroatoms. The Labute approximate surface area is 145 Å². The molecule has 24 heavy (non-hydrogen) atoms. The van der Waals surface area contributed by atoms with Gasteiger partial charge in [-0.1, -0.05) is 50.2 Å². The van der Waals surface area contributed by atoms with E-state index in [0.29, 0.717) is 12.4 Å². The monoisotopic (exact) mass is 327 g/mol. The summed E-state index contributed by atoms with van der Waals surface area (Å²) in [5, 5.41) is 10.1. The minimum atomic E-state index is 0.231. The summed E-state index contributed by atoms with van der Waals surface area (Å²) in [6, 6.07) is 16.0. The summed E-state index contributed by atoms with van der Waals surface area (Å²) in [6.07, 6.45) is 3.40. The molecule has 1 fully saturated rings. The van der Waals surface area contributed by atoms with Crippen molar-refractivity contribution in [2.24, 2.45) is 0 Å². The van der Waals surface area contributed by atoms with Gasteiger partial charge in [0.1, 0.15) is 6.61 Å². The molecule has 2 aromatic carbocycles. The largest absolute Gasteiger partial charge is 0.504 e. The third-order valence-electron chi connectivity index (χ3n) is 4.14. The van der Waals surface area contributed by atoms with E-state index in [0.717, 1.165) is 18.5 Å². The third kappa shape index (κ3) is 5.57. The van der Waals surface area contributed by atoms with Gasteiger partial charge in [0.15, 0.2) is 11.5 Å². The quantitative estimate of drug-likeness (QED) is 0.849. The number of nitrogens with zero attached hydrogens (tertiary/aromatic N) is 1. The van der Waals surface area contributed by atoms with Crippen LogP contribution in [-0.4, -0.2) is 36.2 Å². The number of ether oxygens (including phenoxy) is 1. The third-order valence-corrected chi connectivity index (χ3v) is 4.14. The topological polar surface area (TPSA) is 32.7 Å². The molecule has 0 unspecified atom stereocenters. The standard InChI is InChI=1S/C19H23NO2.C2H6/c21-18-15-17(14-16-6-2-1-3-7-16)8-9-19(18)22-13-12-20-10-4-5-11-20;1-2/h1-3,6-9,15,21H,4-5,10-14H2;1-2H3. The second kappa shape index (κ2) is 9.99. The van der Waals surface area contributed by atoms with Gasteiger partial charge in [-0.15, -0.1) is 0 Å². The maximum Gasteiger partial charge on any atom is 0.160 e. The molecule has 0 spiro atoms. The lowest BCUT2D eigenvalue weighted by atomic mass is 10.0. The van der Waals surface area contributed by atoms with Crippen molar-refractivity contribution in [3.63, 3.8) is 0 Å². The van der Waals surface area contributed by atoms with Gasteiger partial charge >= 0.3 is 0 Å². The van der Waals surface area contributed by atoms with Crippen molar-refractivity contribution in [2.45, 2.75) is 33.1 Å². The molecule has 1 saturated heterocycles. The fourth-order valence-corrected chi connectivity index (χ4v) is 2.92. The summed E-state index contributed by atoms with van der Waals surface area (Å²) in [5.74, 6) is 0.811. The molecule has 0 saturated carbocycles. The van der Waals surface area contributed by atoms with Crippen molar-refractivity contribution < 1.29 is 9.84 Å². The van der Waals surface area contributed by atoms with Gasteiger partial charge in [0, 0.05) is 6.54 Å². The maximum absolute atomic E-state index is 10.1. The second-order valence-electron chi connectivity index (χ2n) is 5.86. The molecular weight excluding hydrogens is 298 g/mol. The first-order chi connectivity index (χ1) is 11.8. The van der Waals surface area contributed by atoms with E-state index in [1.165, 1.54) is 31.5 Å². The average Bonchev–Trinajstić information content (AvgIpc) is 3.13. The first-order valence-electron chi connectivity index (χ1n) is 9.02. The van der Waals surface area contributed by atoms with E-state index < -0.39 is 0 Å². The Kier molecular flexibility index (Phi) is 7.63. The Morgan fingerprint density at radius 2 is 1.67 bits per heavy atom. The lowest BCUT2D eigenvalue weighted by Gasteiger charge is -2.15. The fourth-order valence-electron chi connectivity index (χ4n) is 2.92. The minimum absolute atomic E-state index is 0.231. The van der Waals surface area contributed by atoms with Crippen LogP contribution in [0.5, 0.6) is 11.5 Å². The predicted octanol–water partition coefficient (Wildman–Crippen LogP) is 4.48. The van der Waals surface area contributed by atoms with Gasteiger partial charge in [-0.2, -0.15) is 0 Å². The van der Waals surface area contributed by atoms with Crippen LogP contribution in [0.15, 0.2) is 48.5 Å². The molecule has 0 atom stereocenters. The highest BCUT2D eigenvalue weighted by molar-refractivity contribution is 5.43. The van der Waals surface area contributed by atoms with Crippen LogP contribution >= 0.6 is 0 Å². The van der Waals surface area contributed by atoms with Gasteiger partial charge in [-0.3, -0.25) is 4.90 Å². The van der Waals surface area contributed by atoms with Crippen LogP contribution in [0, 0.1) is 0 Å². The Hall–Kier alpha value is -2.00. The van der Waals surface area contributed by atoms with Gasteiger partial charge in [0.2, 0.25) is 0 Å². The summed E-state index contributed by atoms with van der Waals surface area (Å²) < 4.78 is 5.71. The number of benzene rings is 2. The molecule has 1 heterocycles. The molecule has 0 radical (unpaired) electrons. The summed E-state index contributed by atoms with van der Waals surface area (Å²) >= 11 is 0. The normalized spacial score (nSPS) is 14.1. The number of rotatable bonds is 6. The molecule has 0 bridgehead atoms. The summed E-state index contributed by atoms with van der Waals surface area (Å²) in [5.41, 5.74) is 2.33. The van der Waals surface area contributed by atoms with E-state index in [1.54, 1.807) is 6.07 Å². The van der Waals surface area contributed by atoms with E-state index in [1.807, 2.05) is 44.2 Å². The summed E-state index contributed by atoms with van der Waals surface area (Å²) in [7, 11) is 0. The van der Waals surface area contributed by atoms with E-state index in [-0.39, 0.29) is 5.75 Å². The predicted molar refractivity (Wildman–Crippen MR) is 99.9 cm³/mol. The minimum Gasteiger partial charge on any atom is -0.504 e. The zero-order valence-corrected chi connectivity index (χ0v) is 14.9. The van der Waals surface area contributed by atoms with Crippen molar-refractivity contribution in [3.05, 3.63) is 59.7 Å². The smallest absolute Gasteiger partial charge is 0.160 e. The van der Waals surface area contributed by atoms with Crippen LogP contribution in [0.25, 0.3) is 0 Å². The molecule has 1 aliphatic heterocycles. The van der Waals surface area contributed by atoms with E-state index in [2.05, 4.69) is 17.0 Å². The highest BCUT2D eigenvalue weighted by atomic mass is 16.5. The van der Waals surface area contributed by atoms with Gasteiger partial charge in [-0.05, 0) is 55.6 Å². The number of hydrogen-bond acceptors (Lipinski definition) is 3. The Bertz CT molecular complexity index is 592. The zero-order chi connectivity index (χ0) is 17.2. The van der Waals surface area contributed by atoms with Gasteiger partial charge in [-0.25, -0.2) is 0 Å². The molecule has 3 nitrogen and oxygen atoms in total. The number of aromatic hydroxyl groups is 1. The number of phenolic OH excluding ortho intramolecular Hbond substituents is 1. The Morgan fingerprint density at radius 1 is 0.958 bits per heavy atom. The van der Waals surface area contributed by atoms with Crippen molar-refractivity contribution in [1.82, 2.24) is 4.90 Å². The first-order valence-corrected chi connectivity index (χ1v) is 9.02. The first kappa shape index (κ1) is 18.3. The van der Waals surface area contributed by atoms with E-state index in [9.17, 15) is 5.11 Å². The molecule has 1 aliphatic rings. The van der Waals surface area contributed by atoms with E-state index in [4.69, 9.17) is 4.74 Å². The molecule has 2 aromatic rings. The molecule has 0 aliphatic carbocycles. The van der Waals surface area contributed by atoms with Crippen molar-refractivity contribution >= 4 is 0 Å². The number of likely N-dealkylation sites (tertiary alicyclic amines) is 1. The van der Waals surface area contributed by atoms with Crippen LogP contribution in [0.1, 0.15) is 37.8 Å². The van der Waals surface area contributed by atoms with Gasteiger partial charge in [0.25, 0.3) is 0 Å². The Morgan fingerprint density at radius 3 is 2.33 bits per heavy atom. The number of hydrogen-bond donors (Lipinski definition) is 1. The average molecular weight is 327 g/mol. The van der Waals surface area contributed by atoms with Crippen LogP contribution in [0.2, 0.25) is 0 Å². The second-order valence-corrected chi connectivity index (χ2v) is 5.86. The fraction of sp³-hybridized carbons (Fsp3) is 0.429. The lowest BCUT2D eigenvalue weighted by Crippen LogP contribution is -2.25. The van der Waals surface area contributed by atoms with Crippen LogP contribution in [0.3, 0.4) is 0 Å². The van der Waals surface area contributed by atoms with Gasteiger partial charge < -0.3 is 9.84 Å². The van der Waals surface area contributed by atoms with Crippen LogP contribution < -0.4 is 4.74 Å². The molecule has 130 valence electrons. The molecule has 0 amide bonds. The highest BCUT2D eigenvalue weighted by Crippen LogP contribution is 2.27. The molecule has 1 N–H and O–H groups in total. The van der Waals surface area contributed by atoms with Crippen molar-refractivity contribution in [2.75, 3.05) is 26.2 Å². The molecule has 3 rings (SSSR count). The highest BCUT2D eigenvalue weighted by Gasteiger charge is 2.11. The SMILES string of the molecule is CC.Oc1cc(Cc2ccccc2)ccc1OCCN1CCCC1. The van der Waals surface area contributed by atoms with Crippen LogP contribution in [0.4, 0.5) is 0 Å². The molecular formula is C21H29NO2. The Balaban J connectivity index is 0.00000100. The summed E-state index contributed by atoms with van der Waals surface area (Å²) in [4.78, 5) is 2.40. The summed E-state index contributed by atoms with van der Waals surface area (Å²) in [6.45, 7) is 7.91. The molecule has 0 aromatic heterocycles. The number of phenols is 1. The van der Waals surface area contributed by atoms with Gasteiger partial charge in [0.05, 0.1) is 0 Å². The zero-order valence-electron chi connectivity index (χ0n) is 14.9.